The molecule has 1 aromatic carbocycles. The molecule has 5 heteroatoms. The third kappa shape index (κ3) is 5.74. The maximum Gasteiger partial charge on any atom is 0.235 e. The van der Waals surface area contributed by atoms with Gasteiger partial charge in [-0.15, -0.1) is 0 Å². The van der Waals surface area contributed by atoms with E-state index >= 15 is 0 Å². The van der Waals surface area contributed by atoms with Gasteiger partial charge in [-0.1, -0.05) is 43.5 Å². The van der Waals surface area contributed by atoms with Gasteiger partial charge in [-0.2, -0.15) is 0 Å². The van der Waals surface area contributed by atoms with Crippen LogP contribution in [0.2, 0.25) is 0 Å². The second kappa shape index (κ2) is 9.18. The van der Waals surface area contributed by atoms with Gasteiger partial charge >= 0.3 is 0 Å². The average molecular weight is 337 g/mol. The Hall–Kier alpha value is -1.20. The van der Waals surface area contributed by atoms with E-state index in [4.69, 9.17) is 5.11 Å². The Morgan fingerprint density at radius 3 is 2.43 bits per heavy atom. The van der Waals surface area contributed by atoms with Crippen LogP contribution in [0.15, 0.2) is 24.3 Å². The van der Waals surface area contributed by atoms with Crippen LogP contribution in [0.5, 0.6) is 0 Å². The van der Waals surface area contributed by atoms with Gasteiger partial charge in [0.15, 0.2) is 0 Å². The Labute approximate surface area is 141 Å². The number of aliphatic hydroxyl groups excluding tert-OH is 1. The fraction of sp³-hybridized carbons (Fsp3) is 0.611. The molecule has 0 aromatic heterocycles. The van der Waals surface area contributed by atoms with Gasteiger partial charge in [0.05, 0.1) is 6.61 Å². The van der Waals surface area contributed by atoms with Gasteiger partial charge < -0.3 is 10.4 Å². The Bertz CT molecular complexity index is 524. The third-order valence-electron chi connectivity index (χ3n) is 4.57. The van der Waals surface area contributed by atoms with Gasteiger partial charge in [0.1, 0.15) is 5.25 Å². The number of rotatable bonds is 7. The Balaban J connectivity index is 1.79. The van der Waals surface area contributed by atoms with Crippen molar-refractivity contribution in [2.75, 3.05) is 6.54 Å². The van der Waals surface area contributed by atoms with Crippen molar-refractivity contribution in [3.8, 4) is 0 Å². The number of nitrogens with one attached hydrogen (secondary N) is 1. The summed E-state index contributed by atoms with van der Waals surface area (Å²) >= 11 is 0. The van der Waals surface area contributed by atoms with E-state index in [1.807, 2.05) is 24.3 Å². The van der Waals surface area contributed by atoms with Crippen molar-refractivity contribution in [1.82, 2.24) is 5.32 Å². The molecule has 23 heavy (non-hydrogen) atoms. The molecule has 2 unspecified atom stereocenters. The first-order valence-electron chi connectivity index (χ1n) is 8.43. The van der Waals surface area contributed by atoms with Crippen molar-refractivity contribution in [2.24, 2.45) is 5.92 Å². The molecule has 1 saturated carbocycles. The van der Waals surface area contributed by atoms with Crippen LogP contribution in [0.4, 0.5) is 0 Å². The zero-order valence-electron chi connectivity index (χ0n) is 13.8. The van der Waals surface area contributed by atoms with Crippen molar-refractivity contribution in [3.05, 3.63) is 35.4 Å². The lowest BCUT2D eigenvalue weighted by atomic mass is 9.89. The van der Waals surface area contributed by atoms with Crippen LogP contribution in [-0.4, -0.2) is 27.0 Å². The second-order valence-electron chi connectivity index (χ2n) is 6.39. The van der Waals surface area contributed by atoms with E-state index in [-0.39, 0.29) is 12.5 Å². The zero-order chi connectivity index (χ0) is 16.7. The first-order valence-corrected chi connectivity index (χ1v) is 9.82. The second-order valence-corrected chi connectivity index (χ2v) is 8.15. The molecule has 1 amide bonds. The summed E-state index contributed by atoms with van der Waals surface area (Å²) in [7, 11) is -1.24. The molecule has 0 heterocycles. The summed E-state index contributed by atoms with van der Waals surface area (Å²) in [4.78, 5) is 12.2. The van der Waals surface area contributed by atoms with Crippen LogP contribution in [0.25, 0.3) is 0 Å². The van der Waals surface area contributed by atoms with E-state index in [9.17, 15) is 9.00 Å². The van der Waals surface area contributed by atoms with Gasteiger partial charge in [-0.25, -0.2) is 0 Å². The Kier molecular flexibility index (Phi) is 7.24. The highest BCUT2D eigenvalue weighted by atomic mass is 32.2. The fourth-order valence-corrected chi connectivity index (χ4v) is 4.02. The number of aliphatic hydroxyl groups is 1. The smallest absolute Gasteiger partial charge is 0.235 e. The van der Waals surface area contributed by atoms with Crippen molar-refractivity contribution in [1.29, 1.82) is 0 Å². The van der Waals surface area contributed by atoms with Gasteiger partial charge in [-0.05, 0) is 36.8 Å². The molecule has 2 N–H and O–H groups in total. The summed E-state index contributed by atoms with van der Waals surface area (Å²) in [6, 6.07) is 7.35. The van der Waals surface area contributed by atoms with E-state index in [1.165, 1.54) is 32.1 Å². The average Bonchev–Trinajstić information content (AvgIpc) is 2.60. The number of carbonyl (C=O) groups excluding carboxylic acids is 1. The molecular weight excluding hydrogens is 310 g/mol. The molecule has 1 fully saturated rings. The van der Waals surface area contributed by atoms with Crippen LogP contribution in [0.3, 0.4) is 0 Å². The normalized spacial score (nSPS) is 18.3. The summed E-state index contributed by atoms with van der Waals surface area (Å²) in [5.41, 5.74) is 1.75. The van der Waals surface area contributed by atoms with Crippen molar-refractivity contribution in [2.45, 2.75) is 56.6 Å². The third-order valence-corrected chi connectivity index (χ3v) is 6.19. The molecule has 4 nitrogen and oxygen atoms in total. The summed E-state index contributed by atoms with van der Waals surface area (Å²) in [5.74, 6) is 0.837. The van der Waals surface area contributed by atoms with E-state index in [0.717, 1.165) is 11.1 Å². The molecule has 2 atom stereocenters. The highest BCUT2D eigenvalue weighted by Gasteiger charge is 2.21. The van der Waals surface area contributed by atoms with E-state index < -0.39 is 16.0 Å². The van der Waals surface area contributed by atoms with Crippen LogP contribution >= 0.6 is 0 Å². The molecule has 0 aliphatic heterocycles. The Morgan fingerprint density at radius 1 is 1.22 bits per heavy atom. The fourth-order valence-electron chi connectivity index (χ4n) is 2.93. The molecule has 128 valence electrons. The molecule has 0 spiro atoms. The zero-order valence-corrected chi connectivity index (χ0v) is 14.6. The topological polar surface area (TPSA) is 66.4 Å². The van der Waals surface area contributed by atoms with E-state index in [0.29, 0.717) is 18.2 Å². The van der Waals surface area contributed by atoms with Crippen LogP contribution < -0.4 is 5.32 Å². The van der Waals surface area contributed by atoms with Crippen LogP contribution in [0.1, 0.15) is 50.2 Å². The predicted octanol–water partition coefficient (Wildman–Crippen LogP) is 2.51. The first-order chi connectivity index (χ1) is 11.1. The summed E-state index contributed by atoms with van der Waals surface area (Å²) in [6.45, 7) is 2.45. The van der Waals surface area contributed by atoms with Gasteiger partial charge in [0.2, 0.25) is 5.91 Å². The largest absolute Gasteiger partial charge is 0.392 e. The Morgan fingerprint density at radius 2 is 1.83 bits per heavy atom. The molecule has 1 aliphatic rings. The SMILES string of the molecule is CC(C(=O)NCC1CCCCC1)S(=O)Cc1ccc(CO)cc1. The number of hydrogen-bond acceptors (Lipinski definition) is 3. The van der Waals surface area contributed by atoms with Crippen LogP contribution in [-0.2, 0) is 28.0 Å². The molecule has 0 saturated heterocycles. The summed E-state index contributed by atoms with van der Waals surface area (Å²) in [6.07, 6.45) is 6.20. The standard InChI is InChI=1S/C18H27NO3S/c1-14(18(21)19-11-15-5-3-2-4-6-15)23(22)13-17-9-7-16(12-20)8-10-17/h7-10,14-15,20H,2-6,11-13H2,1H3,(H,19,21). The highest BCUT2D eigenvalue weighted by Crippen LogP contribution is 2.22. The van der Waals surface area contributed by atoms with E-state index in [1.54, 1.807) is 6.92 Å². The minimum absolute atomic E-state index is 0.00332. The molecule has 0 radical (unpaired) electrons. The lowest BCUT2D eigenvalue weighted by molar-refractivity contribution is -0.120. The maximum absolute atomic E-state index is 12.4. The molecule has 2 rings (SSSR count). The van der Waals surface area contributed by atoms with Gasteiger partial charge in [-0.3, -0.25) is 9.00 Å². The summed E-state index contributed by atoms with van der Waals surface area (Å²) < 4.78 is 12.4. The highest BCUT2D eigenvalue weighted by molar-refractivity contribution is 7.85. The number of hydrogen-bond donors (Lipinski definition) is 2. The first kappa shape index (κ1) is 18.1. The summed E-state index contributed by atoms with van der Waals surface area (Å²) in [5, 5.41) is 11.5. The van der Waals surface area contributed by atoms with Crippen LogP contribution in [0, 0.1) is 5.92 Å². The predicted molar refractivity (Wildman–Crippen MR) is 93.3 cm³/mol. The molecule has 0 bridgehead atoms. The monoisotopic (exact) mass is 337 g/mol. The van der Waals surface area contributed by atoms with E-state index in [2.05, 4.69) is 5.32 Å². The van der Waals surface area contributed by atoms with Crippen molar-refractivity contribution < 1.29 is 14.1 Å². The van der Waals surface area contributed by atoms with Gasteiger partial charge in [0, 0.05) is 23.1 Å². The lowest BCUT2D eigenvalue weighted by Crippen LogP contribution is -2.38. The number of amides is 1. The molecule has 1 aromatic rings. The maximum atomic E-state index is 12.4. The van der Waals surface area contributed by atoms with Gasteiger partial charge in [0.25, 0.3) is 0 Å². The minimum Gasteiger partial charge on any atom is -0.392 e. The molecule has 1 aliphatic carbocycles. The lowest BCUT2D eigenvalue weighted by Gasteiger charge is -2.22. The quantitative estimate of drug-likeness (QED) is 0.803. The number of carbonyl (C=O) groups is 1. The van der Waals surface area contributed by atoms with Crippen molar-refractivity contribution >= 4 is 16.7 Å². The molecular formula is C18H27NO3S. The minimum atomic E-state index is -1.24. The van der Waals surface area contributed by atoms with Crippen molar-refractivity contribution in [3.63, 3.8) is 0 Å². The number of benzene rings is 1.